The van der Waals surface area contributed by atoms with E-state index in [1.165, 1.54) is 11.8 Å². The first-order valence-electron chi connectivity index (χ1n) is 8.80. The Kier molecular flexibility index (Phi) is 5.01. The summed E-state index contributed by atoms with van der Waals surface area (Å²) < 4.78 is 0. The summed E-state index contributed by atoms with van der Waals surface area (Å²) in [4.78, 5) is 33.2. The predicted molar refractivity (Wildman–Crippen MR) is 103 cm³/mol. The van der Waals surface area contributed by atoms with Crippen molar-refractivity contribution in [3.63, 3.8) is 0 Å². The Labute approximate surface area is 160 Å². The van der Waals surface area contributed by atoms with Crippen molar-refractivity contribution >= 4 is 35.3 Å². The lowest BCUT2D eigenvalue weighted by Gasteiger charge is -2.08. The Bertz CT molecular complexity index is 923. The molecule has 1 aromatic carbocycles. The first-order valence-corrected chi connectivity index (χ1v) is 9.61. The number of H-pyrrole nitrogens is 1. The Morgan fingerprint density at radius 1 is 1.22 bits per heavy atom. The van der Waals surface area contributed by atoms with Crippen LogP contribution in [0.25, 0.3) is 0 Å². The molecule has 2 aromatic heterocycles. The lowest BCUT2D eigenvalue weighted by molar-refractivity contribution is -0.117. The van der Waals surface area contributed by atoms with E-state index in [1.54, 1.807) is 12.4 Å². The molecule has 3 aromatic rings. The molecule has 0 unspecified atom stereocenters. The number of amides is 1. The van der Waals surface area contributed by atoms with Gasteiger partial charge in [0.05, 0.1) is 0 Å². The van der Waals surface area contributed by atoms with E-state index in [4.69, 9.17) is 0 Å². The van der Waals surface area contributed by atoms with Crippen LogP contribution in [-0.4, -0.2) is 30.8 Å². The van der Waals surface area contributed by atoms with Crippen LogP contribution < -0.4 is 10.6 Å². The minimum Gasteiger partial charge on any atom is -0.331 e. The number of anilines is 3. The van der Waals surface area contributed by atoms with Crippen LogP contribution in [0.4, 0.5) is 17.6 Å². The van der Waals surface area contributed by atoms with Crippen molar-refractivity contribution in [3.8, 4) is 0 Å². The summed E-state index contributed by atoms with van der Waals surface area (Å²) in [6.07, 6.45) is 6.07. The third-order valence-electron chi connectivity index (χ3n) is 3.98. The number of aromatic amines is 1. The molecule has 1 saturated carbocycles. The van der Waals surface area contributed by atoms with Crippen molar-refractivity contribution in [2.45, 2.75) is 36.2 Å². The van der Waals surface area contributed by atoms with Gasteiger partial charge in [0.1, 0.15) is 5.82 Å². The van der Waals surface area contributed by atoms with Gasteiger partial charge in [0.25, 0.3) is 0 Å². The van der Waals surface area contributed by atoms with E-state index in [0.717, 1.165) is 23.4 Å². The summed E-state index contributed by atoms with van der Waals surface area (Å²) in [5.41, 5.74) is 0.807. The minimum atomic E-state index is 0.106. The van der Waals surface area contributed by atoms with Crippen LogP contribution in [0.3, 0.4) is 0 Å². The monoisotopic (exact) mass is 381 g/mol. The molecule has 0 atom stereocenters. The molecule has 1 aliphatic rings. The molecule has 8 nitrogen and oxygen atoms in total. The maximum Gasteiger partial charge on any atom is 0.233 e. The predicted octanol–water partition coefficient (Wildman–Crippen LogP) is 3.40. The van der Waals surface area contributed by atoms with Crippen LogP contribution in [-0.2, 0) is 11.2 Å². The van der Waals surface area contributed by atoms with Crippen molar-refractivity contribution < 1.29 is 4.79 Å². The van der Waals surface area contributed by atoms with Crippen molar-refractivity contribution in [1.29, 1.82) is 0 Å². The lowest BCUT2D eigenvalue weighted by Crippen LogP contribution is -2.12. The highest BCUT2D eigenvalue weighted by atomic mass is 32.2. The summed E-state index contributed by atoms with van der Waals surface area (Å²) in [7, 11) is 0. The van der Waals surface area contributed by atoms with Crippen molar-refractivity contribution in [3.05, 3.63) is 42.5 Å². The van der Waals surface area contributed by atoms with E-state index < -0.39 is 0 Å². The number of nitrogens with zero attached hydrogens (tertiary/aromatic N) is 4. The molecule has 3 N–H and O–H groups in total. The van der Waals surface area contributed by atoms with E-state index in [0.29, 0.717) is 29.3 Å². The molecular formula is C18H19N7OS. The van der Waals surface area contributed by atoms with Gasteiger partial charge in [0.15, 0.2) is 5.16 Å². The number of benzene rings is 1. The number of imidazole rings is 1. The molecule has 9 heteroatoms. The highest BCUT2D eigenvalue weighted by molar-refractivity contribution is 7.99. The lowest BCUT2D eigenvalue weighted by atomic mass is 10.3. The van der Waals surface area contributed by atoms with Crippen LogP contribution in [0.15, 0.2) is 46.7 Å². The van der Waals surface area contributed by atoms with Gasteiger partial charge in [-0.1, -0.05) is 6.92 Å². The van der Waals surface area contributed by atoms with Crippen LogP contribution in [0.5, 0.6) is 0 Å². The molecule has 27 heavy (non-hydrogen) atoms. The highest BCUT2D eigenvalue weighted by Crippen LogP contribution is 2.31. The van der Waals surface area contributed by atoms with Gasteiger partial charge >= 0.3 is 0 Å². The molecule has 1 amide bonds. The van der Waals surface area contributed by atoms with Gasteiger partial charge in [-0.25, -0.2) is 9.97 Å². The molecule has 0 bridgehead atoms. The van der Waals surface area contributed by atoms with E-state index in [2.05, 4.69) is 35.6 Å². The maximum atomic E-state index is 11.8. The first kappa shape index (κ1) is 17.5. The molecule has 0 spiro atoms. The Morgan fingerprint density at radius 2 is 2.04 bits per heavy atom. The third-order valence-corrected chi connectivity index (χ3v) is 4.86. The van der Waals surface area contributed by atoms with Crippen molar-refractivity contribution in [2.24, 2.45) is 5.92 Å². The second-order valence-electron chi connectivity index (χ2n) is 6.16. The first-order chi connectivity index (χ1) is 13.2. The zero-order chi connectivity index (χ0) is 18.6. The van der Waals surface area contributed by atoms with E-state index in [-0.39, 0.29) is 11.8 Å². The fraction of sp³-hybridized carbons (Fsp3) is 0.278. The average Bonchev–Trinajstić information content (AvgIpc) is 3.41. The zero-order valence-electron chi connectivity index (χ0n) is 14.8. The number of rotatable bonds is 7. The normalized spacial score (nSPS) is 13.4. The van der Waals surface area contributed by atoms with Crippen LogP contribution >= 0.6 is 11.8 Å². The molecule has 138 valence electrons. The van der Waals surface area contributed by atoms with Crippen molar-refractivity contribution in [2.75, 3.05) is 10.6 Å². The second kappa shape index (κ2) is 7.75. The molecule has 0 aliphatic heterocycles. The van der Waals surface area contributed by atoms with Crippen LogP contribution in [0.1, 0.15) is 25.6 Å². The summed E-state index contributed by atoms with van der Waals surface area (Å²) in [5, 5.41) is 6.58. The highest BCUT2D eigenvalue weighted by Gasteiger charge is 2.29. The van der Waals surface area contributed by atoms with Crippen LogP contribution in [0.2, 0.25) is 0 Å². The molecule has 1 fully saturated rings. The van der Waals surface area contributed by atoms with Gasteiger partial charge in [-0.05, 0) is 48.9 Å². The number of hydrogen-bond donors (Lipinski definition) is 3. The molecule has 0 saturated heterocycles. The largest absolute Gasteiger partial charge is 0.331 e. The quantitative estimate of drug-likeness (QED) is 0.575. The standard InChI is InChI=1S/C18H19N7OS/c1-2-14-22-17(24-16-19-9-10-20-16)25-18(23-14)27-13-7-5-12(6-8-13)21-15(26)11-3-4-11/h5-11H,2-4H2,1H3,(H,21,26)(H2,19,20,22,23,24,25). The molecule has 0 radical (unpaired) electrons. The smallest absolute Gasteiger partial charge is 0.233 e. The van der Waals surface area contributed by atoms with Gasteiger partial charge < -0.3 is 10.3 Å². The Morgan fingerprint density at radius 3 is 2.70 bits per heavy atom. The molecule has 1 aliphatic carbocycles. The Balaban J connectivity index is 1.46. The molecule has 2 heterocycles. The number of hydrogen-bond acceptors (Lipinski definition) is 7. The fourth-order valence-electron chi connectivity index (χ4n) is 2.40. The summed E-state index contributed by atoms with van der Waals surface area (Å²) in [6, 6.07) is 7.68. The molecule has 4 rings (SSSR count). The van der Waals surface area contributed by atoms with Gasteiger partial charge in [-0.3, -0.25) is 10.1 Å². The molecular weight excluding hydrogens is 362 g/mol. The van der Waals surface area contributed by atoms with Gasteiger partial charge in [0.2, 0.25) is 17.8 Å². The van der Waals surface area contributed by atoms with E-state index >= 15 is 0 Å². The number of nitrogens with one attached hydrogen (secondary N) is 3. The average molecular weight is 381 g/mol. The summed E-state index contributed by atoms with van der Waals surface area (Å²) >= 11 is 1.44. The number of aryl methyl sites for hydroxylation is 1. The number of carbonyl (C=O) groups excluding carboxylic acids is 1. The van der Waals surface area contributed by atoms with Crippen LogP contribution in [0, 0.1) is 5.92 Å². The second-order valence-corrected chi connectivity index (χ2v) is 7.20. The zero-order valence-corrected chi connectivity index (χ0v) is 15.6. The third kappa shape index (κ3) is 4.62. The topological polar surface area (TPSA) is 108 Å². The van der Waals surface area contributed by atoms with E-state index in [1.807, 2.05) is 31.2 Å². The number of aromatic nitrogens is 5. The van der Waals surface area contributed by atoms with Gasteiger partial charge in [0, 0.05) is 35.3 Å². The fourth-order valence-corrected chi connectivity index (χ4v) is 3.17. The summed E-state index contributed by atoms with van der Waals surface area (Å²) in [5.74, 6) is 2.03. The SMILES string of the molecule is CCc1nc(Nc2ncc[nH]2)nc(Sc2ccc(NC(=O)C3CC3)cc2)n1. The maximum absolute atomic E-state index is 11.8. The minimum absolute atomic E-state index is 0.106. The van der Waals surface area contributed by atoms with Gasteiger partial charge in [-0.2, -0.15) is 9.97 Å². The van der Waals surface area contributed by atoms with Gasteiger partial charge in [-0.15, -0.1) is 0 Å². The number of carbonyl (C=O) groups is 1. The Hall–Kier alpha value is -2.94. The summed E-state index contributed by atoms with van der Waals surface area (Å²) in [6.45, 7) is 2.00. The van der Waals surface area contributed by atoms with E-state index in [9.17, 15) is 4.79 Å². The van der Waals surface area contributed by atoms with Crippen molar-refractivity contribution in [1.82, 2.24) is 24.9 Å².